The number of hydrogen-bond donors (Lipinski definition) is 1. The van der Waals surface area contributed by atoms with Gasteiger partial charge in [-0.05, 0) is 53.5 Å². The normalized spacial score (nSPS) is 14.6. The van der Waals surface area contributed by atoms with Crippen LogP contribution < -0.4 is 5.32 Å². The summed E-state index contributed by atoms with van der Waals surface area (Å²) in [5, 5.41) is 3.56. The van der Waals surface area contributed by atoms with Crippen LogP contribution in [0, 0.1) is 5.92 Å². The zero-order valence-corrected chi connectivity index (χ0v) is 11.4. The van der Waals surface area contributed by atoms with E-state index in [1.165, 1.54) is 6.42 Å². The van der Waals surface area contributed by atoms with Crippen LogP contribution in [-0.4, -0.2) is 24.8 Å². The lowest BCUT2D eigenvalue weighted by atomic mass is 10.0. The van der Waals surface area contributed by atoms with E-state index in [1.54, 1.807) is 0 Å². The molecule has 0 radical (unpaired) electrons. The van der Waals surface area contributed by atoms with Crippen molar-refractivity contribution in [2.24, 2.45) is 5.92 Å². The highest BCUT2D eigenvalue weighted by atomic mass is 16.5. The molecular formula is C13H29NO. The Morgan fingerprint density at radius 1 is 1.20 bits per heavy atom. The first-order chi connectivity index (χ1) is 6.85. The van der Waals surface area contributed by atoms with Crippen LogP contribution >= 0.6 is 0 Å². The molecule has 0 aromatic rings. The van der Waals surface area contributed by atoms with Gasteiger partial charge in [-0.15, -0.1) is 0 Å². The Morgan fingerprint density at radius 3 is 2.20 bits per heavy atom. The summed E-state index contributed by atoms with van der Waals surface area (Å²) in [7, 11) is 0. The van der Waals surface area contributed by atoms with Gasteiger partial charge in [0.2, 0.25) is 0 Å². The van der Waals surface area contributed by atoms with Gasteiger partial charge in [0, 0.05) is 12.1 Å². The molecule has 0 spiro atoms. The predicted octanol–water partition coefficient (Wildman–Crippen LogP) is 3.22. The minimum atomic E-state index is 0.228. The molecule has 1 atom stereocenters. The molecule has 0 fully saturated rings. The Morgan fingerprint density at radius 2 is 1.80 bits per heavy atom. The maximum atomic E-state index is 5.58. The number of nitrogens with one attached hydrogen (secondary N) is 1. The van der Waals surface area contributed by atoms with Gasteiger partial charge in [-0.25, -0.2) is 0 Å². The van der Waals surface area contributed by atoms with E-state index < -0.39 is 0 Å². The van der Waals surface area contributed by atoms with Crippen LogP contribution in [0.4, 0.5) is 0 Å². The van der Waals surface area contributed by atoms with Crippen molar-refractivity contribution >= 4 is 0 Å². The molecule has 0 aliphatic heterocycles. The van der Waals surface area contributed by atoms with Crippen molar-refractivity contribution in [3.63, 3.8) is 0 Å². The minimum Gasteiger partial charge on any atom is -0.379 e. The van der Waals surface area contributed by atoms with Gasteiger partial charge < -0.3 is 10.1 Å². The Kier molecular flexibility index (Phi) is 7.20. The molecule has 0 amide bonds. The van der Waals surface area contributed by atoms with E-state index in [2.05, 4.69) is 46.9 Å². The minimum absolute atomic E-state index is 0.228. The fourth-order valence-electron chi connectivity index (χ4n) is 1.37. The molecule has 0 heterocycles. The van der Waals surface area contributed by atoms with Crippen LogP contribution in [0.3, 0.4) is 0 Å². The van der Waals surface area contributed by atoms with Gasteiger partial charge in [0.15, 0.2) is 0 Å². The summed E-state index contributed by atoms with van der Waals surface area (Å²) in [6, 6.07) is 0. The number of hydrogen-bond acceptors (Lipinski definition) is 2. The van der Waals surface area contributed by atoms with E-state index in [-0.39, 0.29) is 5.54 Å². The van der Waals surface area contributed by atoms with Gasteiger partial charge in [0.25, 0.3) is 0 Å². The zero-order chi connectivity index (χ0) is 11.9. The Balaban J connectivity index is 3.64. The third-order valence-corrected chi connectivity index (χ3v) is 2.48. The van der Waals surface area contributed by atoms with Gasteiger partial charge in [0.05, 0.1) is 6.10 Å². The summed E-state index contributed by atoms with van der Waals surface area (Å²) >= 11 is 0. The maximum Gasteiger partial charge on any atom is 0.0518 e. The van der Waals surface area contributed by atoms with Crippen molar-refractivity contribution in [2.45, 2.75) is 66.0 Å². The summed E-state index contributed by atoms with van der Waals surface area (Å²) in [6.07, 6.45) is 2.75. The molecule has 1 unspecified atom stereocenters. The van der Waals surface area contributed by atoms with Crippen LogP contribution in [0.1, 0.15) is 54.4 Å². The predicted molar refractivity (Wildman–Crippen MR) is 67.2 cm³/mol. The first kappa shape index (κ1) is 14.9. The van der Waals surface area contributed by atoms with Gasteiger partial charge in [-0.3, -0.25) is 0 Å². The van der Waals surface area contributed by atoms with E-state index in [9.17, 15) is 0 Å². The van der Waals surface area contributed by atoms with E-state index >= 15 is 0 Å². The summed E-state index contributed by atoms with van der Waals surface area (Å²) < 4.78 is 5.58. The monoisotopic (exact) mass is 215 g/mol. The summed E-state index contributed by atoms with van der Waals surface area (Å²) in [4.78, 5) is 0. The van der Waals surface area contributed by atoms with E-state index in [1.807, 2.05) is 0 Å². The summed E-state index contributed by atoms with van der Waals surface area (Å²) in [5.41, 5.74) is 0.228. The highest BCUT2D eigenvalue weighted by Gasteiger charge is 2.12. The van der Waals surface area contributed by atoms with E-state index in [0.29, 0.717) is 6.10 Å². The molecular weight excluding hydrogens is 186 g/mol. The molecule has 2 heteroatoms. The lowest BCUT2D eigenvalue weighted by molar-refractivity contribution is 0.0673. The second kappa shape index (κ2) is 7.24. The molecule has 0 rings (SSSR count). The largest absolute Gasteiger partial charge is 0.379 e. The average Bonchev–Trinajstić information content (AvgIpc) is 2.08. The smallest absolute Gasteiger partial charge is 0.0518 e. The fraction of sp³-hybridized carbons (Fsp3) is 1.00. The highest BCUT2D eigenvalue weighted by molar-refractivity contribution is 4.72. The van der Waals surface area contributed by atoms with Crippen molar-refractivity contribution in [1.82, 2.24) is 5.32 Å². The van der Waals surface area contributed by atoms with Crippen LogP contribution in [0.25, 0.3) is 0 Å². The van der Waals surface area contributed by atoms with Crippen LogP contribution in [0.15, 0.2) is 0 Å². The molecule has 0 aliphatic rings. The second-order valence-electron chi connectivity index (χ2n) is 5.61. The van der Waals surface area contributed by atoms with Crippen molar-refractivity contribution in [3.8, 4) is 0 Å². The lowest BCUT2D eigenvalue weighted by Gasteiger charge is -2.25. The highest BCUT2D eigenvalue weighted by Crippen LogP contribution is 2.10. The molecule has 0 aliphatic carbocycles. The quantitative estimate of drug-likeness (QED) is 0.704. The first-order valence-electron chi connectivity index (χ1n) is 6.21. The number of rotatable bonds is 7. The third kappa shape index (κ3) is 10.2. The van der Waals surface area contributed by atoms with Crippen LogP contribution in [0.5, 0.6) is 0 Å². The van der Waals surface area contributed by atoms with Crippen molar-refractivity contribution in [1.29, 1.82) is 0 Å². The fourth-order valence-corrected chi connectivity index (χ4v) is 1.37. The maximum absolute atomic E-state index is 5.58. The van der Waals surface area contributed by atoms with Gasteiger partial charge in [0.1, 0.15) is 0 Å². The standard InChI is InChI=1S/C13H29NO/c1-7-12(8-9-15-11(2)3)10-14-13(4,5)6/h11-12,14H,7-10H2,1-6H3. The van der Waals surface area contributed by atoms with Crippen molar-refractivity contribution in [3.05, 3.63) is 0 Å². The molecule has 0 bridgehead atoms. The first-order valence-corrected chi connectivity index (χ1v) is 6.21. The molecule has 92 valence electrons. The molecule has 15 heavy (non-hydrogen) atoms. The molecule has 0 aromatic heterocycles. The molecule has 2 nitrogen and oxygen atoms in total. The average molecular weight is 215 g/mol. The molecule has 0 aromatic carbocycles. The SMILES string of the molecule is CCC(CCOC(C)C)CNC(C)(C)C. The third-order valence-electron chi connectivity index (χ3n) is 2.48. The second-order valence-corrected chi connectivity index (χ2v) is 5.61. The molecule has 0 saturated heterocycles. The van der Waals surface area contributed by atoms with E-state index in [4.69, 9.17) is 4.74 Å². The van der Waals surface area contributed by atoms with Crippen LogP contribution in [0.2, 0.25) is 0 Å². The summed E-state index contributed by atoms with van der Waals surface area (Å²) in [6.45, 7) is 15.1. The van der Waals surface area contributed by atoms with Crippen LogP contribution in [-0.2, 0) is 4.74 Å². The zero-order valence-electron chi connectivity index (χ0n) is 11.4. The Hall–Kier alpha value is -0.0800. The van der Waals surface area contributed by atoms with Gasteiger partial charge in [-0.1, -0.05) is 13.3 Å². The Bertz CT molecular complexity index is 149. The summed E-state index contributed by atoms with van der Waals surface area (Å²) in [5.74, 6) is 0.739. The van der Waals surface area contributed by atoms with Gasteiger partial charge >= 0.3 is 0 Å². The molecule has 0 saturated carbocycles. The molecule has 1 N–H and O–H groups in total. The lowest BCUT2D eigenvalue weighted by Crippen LogP contribution is -2.39. The van der Waals surface area contributed by atoms with Crippen molar-refractivity contribution in [2.75, 3.05) is 13.2 Å². The Labute approximate surface area is 95.8 Å². The van der Waals surface area contributed by atoms with Gasteiger partial charge in [-0.2, -0.15) is 0 Å². The van der Waals surface area contributed by atoms with Crippen molar-refractivity contribution < 1.29 is 4.74 Å². The van der Waals surface area contributed by atoms with E-state index in [0.717, 1.165) is 25.5 Å². The topological polar surface area (TPSA) is 21.3 Å². The number of ether oxygens (including phenoxy) is 1.